The van der Waals surface area contributed by atoms with Crippen LogP contribution in [0.15, 0.2) is 24.3 Å². The van der Waals surface area contributed by atoms with Gasteiger partial charge in [-0.1, -0.05) is 0 Å². The summed E-state index contributed by atoms with van der Waals surface area (Å²) in [6.45, 7) is 0.742. The van der Waals surface area contributed by atoms with Gasteiger partial charge in [0.15, 0.2) is 0 Å². The first-order chi connectivity index (χ1) is 9.69. The monoisotopic (exact) mass is 277 g/mol. The molecule has 0 spiro atoms. The van der Waals surface area contributed by atoms with Crippen LogP contribution in [0, 0.1) is 0 Å². The van der Waals surface area contributed by atoms with Gasteiger partial charge in [-0.15, -0.1) is 0 Å². The second-order valence-electron chi connectivity index (χ2n) is 4.81. The smallest absolute Gasteiger partial charge is 0.337 e. The molecular weight excluding hydrogens is 258 g/mol. The lowest BCUT2D eigenvalue weighted by atomic mass is 10.1. The van der Waals surface area contributed by atoms with Gasteiger partial charge < -0.3 is 14.8 Å². The number of esters is 1. The normalized spacial score (nSPS) is 18.4. The fraction of sp³-hybridized carbons (Fsp3) is 0.467. The molecule has 1 amide bonds. The molecule has 1 aliphatic heterocycles. The molecule has 20 heavy (non-hydrogen) atoms. The molecule has 0 radical (unpaired) electrons. The molecule has 1 N–H and O–H groups in total. The third kappa shape index (κ3) is 4.06. The molecule has 108 valence electrons. The van der Waals surface area contributed by atoms with E-state index in [0.717, 1.165) is 25.9 Å². The third-order valence-electron chi connectivity index (χ3n) is 3.28. The van der Waals surface area contributed by atoms with Crippen LogP contribution in [0.3, 0.4) is 0 Å². The fourth-order valence-corrected chi connectivity index (χ4v) is 2.19. The van der Waals surface area contributed by atoms with Gasteiger partial charge in [0.05, 0.1) is 25.2 Å². The van der Waals surface area contributed by atoms with E-state index in [1.165, 1.54) is 7.11 Å². The molecule has 1 unspecified atom stereocenters. The number of hydrogen-bond acceptors (Lipinski definition) is 4. The number of methoxy groups -OCH3 is 1. The Balaban J connectivity index is 1.85. The molecule has 1 saturated heterocycles. The molecule has 1 aromatic carbocycles. The lowest BCUT2D eigenvalue weighted by Gasteiger charge is -2.21. The number of benzene rings is 1. The van der Waals surface area contributed by atoms with Crippen molar-refractivity contribution in [1.82, 2.24) is 0 Å². The summed E-state index contributed by atoms with van der Waals surface area (Å²) in [5, 5.41) is 2.80. The number of carbonyl (C=O) groups is 2. The zero-order chi connectivity index (χ0) is 14.4. The van der Waals surface area contributed by atoms with E-state index in [0.29, 0.717) is 17.7 Å². The van der Waals surface area contributed by atoms with Gasteiger partial charge in [0.2, 0.25) is 5.91 Å². The van der Waals surface area contributed by atoms with Crippen LogP contribution in [-0.4, -0.2) is 31.7 Å². The van der Waals surface area contributed by atoms with E-state index in [-0.39, 0.29) is 12.0 Å². The molecule has 1 heterocycles. The van der Waals surface area contributed by atoms with E-state index in [9.17, 15) is 9.59 Å². The molecule has 0 bridgehead atoms. The summed E-state index contributed by atoms with van der Waals surface area (Å²) in [5.74, 6) is -0.457. The third-order valence-corrected chi connectivity index (χ3v) is 3.28. The van der Waals surface area contributed by atoms with E-state index >= 15 is 0 Å². The summed E-state index contributed by atoms with van der Waals surface area (Å²) in [6.07, 6.45) is 3.53. The van der Waals surface area contributed by atoms with Crippen molar-refractivity contribution in [2.24, 2.45) is 0 Å². The van der Waals surface area contributed by atoms with Crippen molar-refractivity contribution in [3.05, 3.63) is 29.8 Å². The molecule has 1 aromatic rings. The molecule has 0 aromatic heterocycles. The maximum Gasteiger partial charge on any atom is 0.337 e. The summed E-state index contributed by atoms with van der Waals surface area (Å²) < 4.78 is 10.1. The van der Waals surface area contributed by atoms with Crippen molar-refractivity contribution in [1.29, 1.82) is 0 Å². The summed E-state index contributed by atoms with van der Waals surface area (Å²) >= 11 is 0. The number of hydrogen-bond donors (Lipinski definition) is 1. The first kappa shape index (κ1) is 14.5. The molecule has 1 aliphatic rings. The highest BCUT2D eigenvalue weighted by Gasteiger charge is 2.17. The molecule has 1 fully saturated rings. The maximum atomic E-state index is 11.9. The van der Waals surface area contributed by atoms with Crippen molar-refractivity contribution in [2.45, 2.75) is 31.8 Å². The number of anilines is 1. The van der Waals surface area contributed by atoms with Crippen LogP contribution in [0.2, 0.25) is 0 Å². The predicted molar refractivity (Wildman–Crippen MR) is 74.6 cm³/mol. The second-order valence-corrected chi connectivity index (χ2v) is 4.81. The summed E-state index contributed by atoms with van der Waals surface area (Å²) in [4.78, 5) is 23.2. The number of nitrogens with one attached hydrogen (secondary N) is 1. The van der Waals surface area contributed by atoms with E-state index < -0.39 is 5.97 Å². The SMILES string of the molecule is COC(=O)c1ccc(NC(=O)CC2CCCCO2)cc1. The Hall–Kier alpha value is -1.88. The first-order valence-electron chi connectivity index (χ1n) is 6.79. The molecule has 5 nitrogen and oxygen atoms in total. The zero-order valence-corrected chi connectivity index (χ0v) is 11.6. The van der Waals surface area contributed by atoms with Crippen molar-refractivity contribution < 1.29 is 19.1 Å². The minimum atomic E-state index is -0.390. The average molecular weight is 277 g/mol. The van der Waals surface area contributed by atoms with Gasteiger partial charge in [-0.3, -0.25) is 4.79 Å². The summed E-state index contributed by atoms with van der Waals surface area (Å²) in [7, 11) is 1.34. The van der Waals surface area contributed by atoms with Crippen LogP contribution in [0.1, 0.15) is 36.0 Å². The number of rotatable bonds is 4. The predicted octanol–water partition coefficient (Wildman–Crippen LogP) is 2.37. The van der Waals surface area contributed by atoms with Crippen LogP contribution in [0.25, 0.3) is 0 Å². The number of amides is 1. The van der Waals surface area contributed by atoms with Gasteiger partial charge in [-0.2, -0.15) is 0 Å². The Bertz CT molecular complexity index is 463. The molecule has 2 rings (SSSR count). The van der Waals surface area contributed by atoms with Crippen LogP contribution in [-0.2, 0) is 14.3 Å². The maximum absolute atomic E-state index is 11.9. The highest BCUT2D eigenvalue weighted by molar-refractivity contribution is 5.93. The van der Waals surface area contributed by atoms with E-state index in [1.807, 2.05) is 0 Å². The molecule has 0 saturated carbocycles. The highest BCUT2D eigenvalue weighted by Crippen LogP contribution is 2.17. The first-order valence-corrected chi connectivity index (χ1v) is 6.79. The fourth-order valence-electron chi connectivity index (χ4n) is 2.19. The van der Waals surface area contributed by atoms with Crippen LogP contribution < -0.4 is 5.32 Å². The van der Waals surface area contributed by atoms with Crippen molar-refractivity contribution >= 4 is 17.6 Å². The standard InChI is InChI=1S/C15H19NO4/c1-19-15(18)11-5-7-12(8-6-11)16-14(17)10-13-4-2-3-9-20-13/h5-8,13H,2-4,9-10H2,1H3,(H,16,17). The van der Waals surface area contributed by atoms with Gasteiger partial charge in [0, 0.05) is 12.3 Å². The number of carbonyl (C=O) groups excluding carboxylic acids is 2. The Kier molecular flexibility index (Phi) is 5.12. The van der Waals surface area contributed by atoms with Gasteiger partial charge in [0.25, 0.3) is 0 Å². The van der Waals surface area contributed by atoms with E-state index in [4.69, 9.17) is 4.74 Å². The Labute approximate surface area is 118 Å². The lowest BCUT2D eigenvalue weighted by molar-refractivity contribution is -0.119. The molecule has 1 atom stereocenters. The zero-order valence-electron chi connectivity index (χ0n) is 11.6. The Morgan fingerprint density at radius 2 is 2.05 bits per heavy atom. The van der Waals surface area contributed by atoms with Gasteiger partial charge in [0.1, 0.15) is 0 Å². The van der Waals surface area contributed by atoms with E-state index in [1.54, 1.807) is 24.3 Å². The van der Waals surface area contributed by atoms with Crippen molar-refractivity contribution in [3.8, 4) is 0 Å². The minimum Gasteiger partial charge on any atom is -0.465 e. The lowest BCUT2D eigenvalue weighted by Crippen LogP contribution is -2.25. The summed E-state index contributed by atoms with van der Waals surface area (Å²) in [5.41, 5.74) is 1.12. The minimum absolute atomic E-state index is 0.0260. The quantitative estimate of drug-likeness (QED) is 0.858. The Morgan fingerprint density at radius 3 is 2.65 bits per heavy atom. The largest absolute Gasteiger partial charge is 0.465 e. The molecular formula is C15H19NO4. The van der Waals surface area contributed by atoms with Crippen LogP contribution in [0.5, 0.6) is 0 Å². The molecule has 5 heteroatoms. The average Bonchev–Trinajstić information content (AvgIpc) is 2.48. The van der Waals surface area contributed by atoms with Gasteiger partial charge in [-0.05, 0) is 43.5 Å². The molecule has 0 aliphatic carbocycles. The van der Waals surface area contributed by atoms with E-state index in [2.05, 4.69) is 10.1 Å². The summed E-state index contributed by atoms with van der Waals surface area (Å²) in [6, 6.07) is 6.62. The topological polar surface area (TPSA) is 64.6 Å². The van der Waals surface area contributed by atoms with Gasteiger partial charge >= 0.3 is 5.97 Å². The van der Waals surface area contributed by atoms with Gasteiger partial charge in [-0.25, -0.2) is 4.79 Å². The number of ether oxygens (including phenoxy) is 2. The van der Waals surface area contributed by atoms with Crippen LogP contribution in [0.4, 0.5) is 5.69 Å². The second kappa shape index (κ2) is 7.05. The highest BCUT2D eigenvalue weighted by atomic mass is 16.5. The van der Waals surface area contributed by atoms with Crippen molar-refractivity contribution in [3.63, 3.8) is 0 Å². The Morgan fingerprint density at radius 1 is 1.30 bits per heavy atom. The van der Waals surface area contributed by atoms with Crippen LogP contribution >= 0.6 is 0 Å². The van der Waals surface area contributed by atoms with Crippen molar-refractivity contribution in [2.75, 3.05) is 19.0 Å².